The van der Waals surface area contributed by atoms with Crippen molar-refractivity contribution in [2.75, 3.05) is 0 Å². The SMILES string of the molecule is CCCCC/C=C\C/C=C\CC1OC1C/C=C\CCCC(=O)[O-]. The Labute approximate surface area is 141 Å². The second kappa shape index (κ2) is 13.1. The van der Waals surface area contributed by atoms with Crippen LogP contribution < -0.4 is 5.11 Å². The number of epoxide rings is 1. The summed E-state index contributed by atoms with van der Waals surface area (Å²) >= 11 is 0. The fraction of sp³-hybridized carbons (Fsp3) is 0.650. The number of carboxylic acid groups (broad SMARTS) is 1. The van der Waals surface area contributed by atoms with E-state index >= 15 is 0 Å². The second-order valence-electron chi connectivity index (χ2n) is 6.09. The molecular weight excluding hydrogens is 288 g/mol. The lowest BCUT2D eigenvalue weighted by Crippen LogP contribution is -2.21. The van der Waals surface area contributed by atoms with Gasteiger partial charge in [0.1, 0.15) is 0 Å². The largest absolute Gasteiger partial charge is 0.550 e. The van der Waals surface area contributed by atoms with Crippen molar-refractivity contribution in [1.29, 1.82) is 0 Å². The molecule has 0 aliphatic carbocycles. The molecule has 0 spiro atoms. The minimum absolute atomic E-state index is 0.144. The molecule has 0 aromatic rings. The first-order chi connectivity index (χ1) is 11.2. The first kappa shape index (κ1) is 19.7. The minimum Gasteiger partial charge on any atom is -0.550 e. The minimum atomic E-state index is -0.966. The van der Waals surface area contributed by atoms with Crippen LogP contribution in [0, 0.1) is 0 Å². The van der Waals surface area contributed by atoms with Crippen molar-refractivity contribution in [2.45, 2.75) is 83.3 Å². The van der Waals surface area contributed by atoms with E-state index in [-0.39, 0.29) is 6.42 Å². The maximum atomic E-state index is 10.3. The number of carboxylic acids is 1. The fourth-order valence-corrected chi connectivity index (χ4v) is 2.44. The molecule has 0 aromatic heterocycles. The van der Waals surface area contributed by atoms with E-state index < -0.39 is 5.97 Å². The van der Waals surface area contributed by atoms with Gasteiger partial charge in [-0.15, -0.1) is 0 Å². The van der Waals surface area contributed by atoms with E-state index in [2.05, 4.69) is 37.3 Å². The maximum absolute atomic E-state index is 10.3. The molecule has 1 aliphatic rings. The number of unbranched alkanes of at least 4 members (excludes halogenated alkanes) is 4. The van der Waals surface area contributed by atoms with E-state index in [4.69, 9.17) is 4.74 Å². The lowest BCUT2D eigenvalue weighted by molar-refractivity contribution is -0.305. The molecule has 2 atom stereocenters. The van der Waals surface area contributed by atoms with Gasteiger partial charge in [0.15, 0.2) is 0 Å². The molecule has 1 rings (SSSR count). The normalized spacial score (nSPS) is 20.9. The molecule has 2 unspecified atom stereocenters. The number of carbonyl (C=O) groups excluding carboxylic acids is 1. The van der Waals surface area contributed by atoms with E-state index in [1.807, 2.05) is 6.08 Å². The Balaban J connectivity index is 1.93. The van der Waals surface area contributed by atoms with Crippen LogP contribution in [0.1, 0.15) is 71.1 Å². The fourth-order valence-electron chi connectivity index (χ4n) is 2.44. The van der Waals surface area contributed by atoms with E-state index in [9.17, 15) is 9.90 Å². The molecule has 130 valence electrons. The molecule has 0 aromatic carbocycles. The van der Waals surface area contributed by atoms with Crippen LogP contribution in [0.5, 0.6) is 0 Å². The van der Waals surface area contributed by atoms with Crippen LogP contribution in [-0.2, 0) is 9.53 Å². The number of hydrogen-bond acceptors (Lipinski definition) is 3. The van der Waals surface area contributed by atoms with Gasteiger partial charge in [0, 0.05) is 5.97 Å². The van der Waals surface area contributed by atoms with Crippen molar-refractivity contribution in [3.63, 3.8) is 0 Å². The predicted molar refractivity (Wildman–Crippen MR) is 92.9 cm³/mol. The number of allylic oxidation sites excluding steroid dienone is 4. The zero-order valence-electron chi connectivity index (χ0n) is 14.4. The number of rotatable bonds is 14. The van der Waals surface area contributed by atoms with E-state index in [0.717, 1.165) is 25.7 Å². The lowest BCUT2D eigenvalue weighted by Gasteiger charge is -1.97. The first-order valence-corrected chi connectivity index (χ1v) is 9.04. The summed E-state index contributed by atoms with van der Waals surface area (Å²) in [5.41, 5.74) is 0. The Bertz CT molecular complexity index is 396. The van der Waals surface area contributed by atoms with Gasteiger partial charge in [0.05, 0.1) is 12.2 Å². The van der Waals surface area contributed by atoms with Crippen molar-refractivity contribution in [1.82, 2.24) is 0 Å². The van der Waals surface area contributed by atoms with Gasteiger partial charge in [0.25, 0.3) is 0 Å². The van der Waals surface area contributed by atoms with Crippen LogP contribution in [-0.4, -0.2) is 18.2 Å². The summed E-state index contributed by atoms with van der Waals surface area (Å²) in [6.45, 7) is 2.23. The van der Waals surface area contributed by atoms with Crippen LogP contribution in [0.2, 0.25) is 0 Å². The summed E-state index contributed by atoms with van der Waals surface area (Å²) in [7, 11) is 0. The van der Waals surface area contributed by atoms with Crippen molar-refractivity contribution in [3.05, 3.63) is 36.5 Å². The zero-order valence-corrected chi connectivity index (χ0v) is 14.4. The van der Waals surface area contributed by atoms with Gasteiger partial charge in [-0.25, -0.2) is 0 Å². The second-order valence-corrected chi connectivity index (χ2v) is 6.09. The molecule has 0 bridgehead atoms. The Kier molecular flexibility index (Phi) is 11.2. The molecule has 0 amide bonds. The molecule has 1 saturated heterocycles. The highest BCUT2D eigenvalue weighted by molar-refractivity contribution is 5.64. The van der Waals surface area contributed by atoms with Crippen LogP contribution in [0.3, 0.4) is 0 Å². The molecule has 1 heterocycles. The Morgan fingerprint density at radius 1 is 0.913 bits per heavy atom. The third kappa shape index (κ3) is 11.8. The summed E-state index contributed by atoms with van der Waals surface area (Å²) in [4.78, 5) is 10.3. The Hall–Kier alpha value is -1.35. The van der Waals surface area contributed by atoms with E-state index in [1.54, 1.807) is 0 Å². The molecule has 1 fully saturated rings. The molecule has 1 aliphatic heterocycles. The number of carbonyl (C=O) groups is 1. The van der Waals surface area contributed by atoms with Gasteiger partial charge < -0.3 is 14.6 Å². The third-order valence-electron chi connectivity index (χ3n) is 3.92. The first-order valence-electron chi connectivity index (χ1n) is 9.04. The van der Waals surface area contributed by atoms with Crippen molar-refractivity contribution < 1.29 is 14.6 Å². The number of hydrogen-bond donors (Lipinski definition) is 0. The van der Waals surface area contributed by atoms with Gasteiger partial charge in [0.2, 0.25) is 0 Å². The average Bonchev–Trinajstić information content (AvgIpc) is 3.27. The highest BCUT2D eigenvalue weighted by atomic mass is 16.6. The van der Waals surface area contributed by atoms with Crippen molar-refractivity contribution in [3.8, 4) is 0 Å². The van der Waals surface area contributed by atoms with Gasteiger partial charge in [-0.2, -0.15) is 0 Å². The standard InChI is InChI=1S/C20H32O3/c1-2-3-4-5-6-7-8-9-12-15-18-19(23-18)16-13-10-11-14-17-20(21)22/h6-7,9-10,12-13,18-19H,2-5,8,11,14-17H2,1H3,(H,21,22)/p-1/b7-6-,12-9-,13-10-. The molecule has 0 radical (unpaired) electrons. The molecule has 23 heavy (non-hydrogen) atoms. The highest BCUT2D eigenvalue weighted by Crippen LogP contribution is 2.29. The van der Waals surface area contributed by atoms with Crippen LogP contribution in [0.4, 0.5) is 0 Å². The summed E-state index contributed by atoms with van der Waals surface area (Å²) in [6, 6.07) is 0. The molecule has 0 N–H and O–H groups in total. The maximum Gasteiger partial charge on any atom is 0.0879 e. The average molecular weight is 319 g/mol. The smallest absolute Gasteiger partial charge is 0.0879 e. The summed E-state index contributed by atoms with van der Waals surface area (Å²) in [5.74, 6) is -0.966. The van der Waals surface area contributed by atoms with E-state index in [0.29, 0.717) is 18.6 Å². The lowest BCUT2D eigenvalue weighted by atomic mass is 10.1. The topological polar surface area (TPSA) is 52.7 Å². The van der Waals surface area contributed by atoms with Crippen LogP contribution >= 0.6 is 0 Å². The summed E-state index contributed by atoms with van der Waals surface area (Å²) in [5, 5.41) is 10.3. The number of aliphatic carboxylic acids is 1. The zero-order chi connectivity index (χ0) is 16.8. The van der Waals surface area contributed by atoms with Crippen LogP contribution in [0.15, 0.2) is 36.5 Å². The van der Waals surface area contributed by atoms with Crippen molar-refractivity contribution in [2.24, 2.45) is 0 Å². The van der Waals surface area contributed by atoms with Gasteiger partial charge >= 0.3 is 0 Å². The monoisotopic (exact) mass is 319 g/mol. The van der Waals surface area contributed by atoms with E-state index in [1.165, 1.54) is 25.7 Å². The summed E-state index contributed by atoms with van der Waals surface area (Å²) in [6.07, 6.45) is 23.5. The van der Waals surface area contributed by atoms with Gasteiger partial charge in [-0.1, -0.05) is 56.2 Å². The third-order valence-corrected chi connectivity index (χ3v) is 3.92. The molecule has 3 nitrogen and oxygen atoms in total. The quantitative estimate of drug-likeness (QED) is 0.275. The Morgan fingerprint density at radius 3 is 2.22 bits per heavy atom. The van der Waals surface area contributed by atoms with Crippen molar-refractivity contribution >= 4 is 5.97 Å². The molecule has 0 saturated carbocycles. The molecular formula is C20H31O3-. The van der Waals surface area contributed by atoms with Gasteiger partial charge in [-0.3, -0.25) is 0 Å². The number of ether oxygens (including phenoxy) is 1. The molecule has 3 heteroatoms. The Morgan fingerprint density at radius 2 is 1.52 bits per heavy atom. The van der Waals surface area contributed by atoms with Crippen LogP contribution in [0.25, 0.3) is 0 Å². The van der Waals surface area contributed by atoms with Gasteiger partial charge in [-0.05, 0) is 51.4 Å². The predicted octanol–water partition coefficient (Wildman–Crippen LogP) is 4.09. The summed E-state index contributed by atoms with van der Waals surface area (Å²) < 4.78 is 5.61. The highest BCUT2D eigenvalue weighted by Gasteiger charge is 2.35.